The van der Waals surface area contributed by atoms with E-state index in [4.69, 9.17) is 5.73 Å². The van der Waals surface area contributed by atoms with Crippen molar-refractivity contribution in [1.82, 2.24) is 4.98 Å². The normalized spacial score (nSPS) is 10.6. The molecular formula is C9H16N2S2. The van der Waals surface area contributed by atoms with Gasteiger partial charge in [-0.1, -0.05) is 0 Å². The summed E-state index contributed by atoms with van der Waals surface area (Å²) in [4.78, 5) is 5.65. The van der Waals surface area contributed by atoms with Gasteiger partial charge in [0.05, 0.1) is 11.2 Å². The molecule has 0 aliphatic heterocycles. The van der Waals surface area contributed by atoms with Gasteiger partial charge in [0.25, 0.3) is 0 Å². The van der Waals surface area contributed by atoms with Crippen molar-refractivity contribution in [1.29, 1.82) is 0 Å². The van der Waals surface area contributed by atoms with Crippen LogP contribution in [0.15, 0.2) is 5.51 Å². The fourth-order valence-electron chi connectivity index (χ4n) is 1.02. The van der Waals surface area contributed by atoms with E-state index < -0.39 is 0 Å². The zero-order valence-corrected chi connectivity index (χ0v) is 9.59. The van der Waals surface area contributed by atoms with Crippen LogP contribution in [0.3, 0.4) is 0 Å². The number of thiazole rings is 1. The molecule has 0 spiro atoms. The Morgan fingerprint density at radius 3 is 3.00 bits per heavy atom. The molecule has 74 valence electrons. The van der Waals surface area contributed by atoms with E-state index in [1.165, 1.54) is 22.1 Å². The third kappa shape index (κ3) is 4.11. The molecule has 0 aliphatic rings. The van der Waals surface area contributed by atoms with Crippen molar-refractivity contribution in [2.45, 2.75) is 19.8 Å². The highest BCUT2D eigenvalue weighted by molar-refractivity contribution is 7.99. The maximum absolute atomic E-state index is 5.41. The number of nitrogens with two attached hydrogens (primary N) is 1. The molecule has 1 rings (SSSR count). The molecule has 0 atom stereocenters. The molecule has 0 saturated heterocycles. The number of hydrogen-bond acceptors (Lipinski definition) is 4. The monoisotopic (exact) mass is 216 g/mol. The van der Waals surface area contributed by atoms with Gasteiger partial charge in [-0.05, 0) is 37.8 Å². The summed E-state index contributed by atoms with van der Waals surface area (Å²) in [5.74, 6) is 2.39. The average Bonchev–Trinajstić information content (AvgIpc) is 2.52. The number of rotatable bonds is 6. The molecule has 0 unspecified atom stereocenters. The largest absolute Gasteiger partial charge is 0.330 e. The van der Waals surface area contributed by atoms with Gasteiger partial charge < -0.3 is 5.73 Å². The minimum atomic E-state index is 0.812. The van der Waals surface area contributed by atoms with E-state index >= 15 is 0 Å². The molecule has 1 heterocycles. The van der Waals surface area contributed by atoms with E-state index in [0.29, 0.717) is 0 Å². The number of hydrogen-bond donors (Lipinski definition) is 1. The fourth-order valence-corrected chi connectivity index (χ4v) is 2.85. The Hall–Kier alpha value is -0.0600. The molecule has 13 heavy (non-hydrogen) atoms. The van der Waals surface area contributed by atoms with Crippen molar-refractivity contribution in [3.8, 4) is 0 Å². The zero-order valence-electron chi connectivity index (χ0n) is 7.95. The average molecular weight is 216 g/mol. The van der Waals surface area contributed by atoms with Gasteiger partial charge in [0, 0.05) is 4.88 Å². The first kappa shape index (κ1) is 11.0. The Morgan fingerprint density at radius 1 is 1.54 bits per heavy atom. The Kier molecular flexibility index (Phi) is 5.43. The van der Waals surface area contributed by atoms with Crippen LogP contribution < -0.4 is 5.73 Å². The van der Waals surface area contributed by atoms with Crippen LogP contribution in [0.5, 0.6) is 0 Å². The lowest BCUT2D eigenvalue weighted by molar-refractivity contribution is 0.942. The van der Waals surface area contributed by atoms with Gasteiger partial charge in [0.1, 0.15) is 0 Å². The highest BCUT2D eigenvalue weighted by Crippen LogP contribution is 2.15. The number of aromatic nitrogens is 1. The van der Waals surface area contributed by atoms with Gasteiger partial charge in [0.15, 0.2) is 0 Å². The van der Waals surface area contributed by atoms with E-state index in [1.54, 1.807) is 11.3 Å². The molecule has 4 heteroatoms. The summed E-state index contributed by atoms with van der Waals surface area (Å²) in [5.41, 5.74) is 8.53. The van der Waals surface area contributed by atoms with Crippen molar-refractivity contribution in [2.24, 2.45) is 5.73 Å². The molecular weight excluding hydrogens is 200 g/mol. The predicted octanol–water partition coefficient (Wildman–Crippen LogP) is 2.08. The van der Waals surface area contributed by atoms with E-state index in [-0.39, 0.29) is 0 Å². The van der Waals surface area contributed by atoms with E-state index in [9.17, 15) is 0 Å². The van der Waals surface area contributed by atoms with E-state index in [2.05, 4.69) is 11.9 Å². The molecule has 0 radical (unpaired) electrons. The van der Waals surface area contributed by atoms with Crippen LogP contribution >= 0.6 is 23.1 Å². The Morgan fingerprint density at radius 2 is 2.38 bits per heavy atom. The first-order chi connectivity index (χ1) is 6.34. The standard InChI is InChI=1S/C9H16N2S2/c1-8-9(13-7-11-8)3-6-12-5-2-4-10/h7H,2-6,10H2,1H3. The molecule has 0 amide bonds. The molecule has 0 aliphatic carbocycles. The Labute approximate surface area is 87.9 Å². The van der Waals surface area contributed by atoms with Crippen LogP contribution in [-0.2, 0) is 6.42 Å². The lowest BCUT2D eigenvalue weighted by Crippen LogP contribution is -2.00. The van der Waals surface area contributed by atoms with Gasteiger partial charge in [-0.3, -0.25) is 0 Å². The third-order valence-electron chi connectivity index (χ3n) is 1.81. The summed E-state index contributed by atoms with van der Waals surface area (Å²) in [5, 5.41) is 0. The minimum Gasteiger partial charge on any atom is -0.330 e. The first-order valence-corrected chi connectivity index (χ1v) is 6.55. The molecule has 0 saturated carbocycles. The lowest BCUT2D eigenvalue weighted by atomic mass is 10.3. The van der Waals surface area contributed by atoms with Crippen LogP contribution in [0.1, 0.15) is 17.0 Å². The summed E-state index contributed by atoms with van der Waals surface area (Å²) in [6.07, 6.45) is 2.29. The van der Waals surface area contributed by atoms with Gasteiger partial charge in [0.2, 0.25) is 0 Å². The van der Waals surface area contributed by atoms with Gasteiger partial charge in [-0.25, -0.2) is 4.98 Å². The third-order valence-corrected chi connectivity index (χ3v) is 3.88. The van der Waals surface area contributed by atoms with Gasteiger partial charge in [-0.2, -0.15) is 11.8 Å². The van der Waals surface area contributed by atoms with Crippen LogP contribution in [0, 0.1) is 6.92 Å². The molecule has 2 N–H and O–H groups in total. The number of thioether (sulfide) groups is 1. The van der Waals surface area contributed by atoms with Crippen molar-refractivity contribution in [3.63, 3.8) is 0 Å². The summed E-state index contributed by atoms with van der Waals surface area (Å²) in [6, 6.07) is 0. The molecule has 0 fully saturated rings. The SMILES string of the molecule is Cc1ncsc1CCSCCCN. The van der Waals surface area contributed by atoms with Crippen molar-refractivity contribution in [3.05, 3.63) is 16.1 Å². The van der Waals surface area contributed by atoms with E-state index in [0.717, 1.165) is 19.4 Å². The van der Waals surface area contributed by atoms with Crippen LogP contribution in [0.4, 0.5) is 0 Å². The second-order valence-corrected chi connectivity index (χ2v) is 5.03. The number of nitrogens with zero attached hydrogens (tertiary/aromatic N) is 1. The maximum atomic E-state index is 5.41. The van der Waals surface area contributed by atoms with Gasteiger partial charge in [-0.15, -0.1) is 11.3 Å². The molecule has 2 nitrogen and oxygen atoms in total. The highest BCUT2D eigenvalue weighted by Gasteiger charge is 2.00. The van der Waals surface area contributed by atoms with Crippen molar-refractivity contribution in [2.75, 3.05) is 18.1 Å². The smallest absolute Gasteiger partial charge is 0.0797 e. The summed E-state index contributed by atoms with van der Waals surface area (Å²) in [6.45, 7) is 2.89. The summed E-state index contributed by atoms with van der Waals surface area (Å²) < 4.78 is 0. The van der Waals surface area contributed by atoms with Crippen LogP contribution in [-0.4, -0.2) is 23.0 Å². The van der Waals surface area contributed by atoms with Crippen LogP contribution in [0.25, 0.3) is 0 Å². The number of aryl methyl sites for hydroxylation is 2. The molecule has 1 aromatic rings. The second-order valence-electron chi connectivity index (χ2n) is 2.87. The Bertz CT molecular complexity index is 235. The molecule has 1 aromatic heterocycles. The van der Waals surface area contributed by atoms with Gasteiger partial charge >= 0.3 is 0 Å². The molecule has 0 aromatic carbocycles. The minimum absolute atomic E-state index is 0.812. The maximum Gasteiger partial charge on any atom is 0.0797 e. The predicted molar refractivity (Wildman–Crippen MR) is 61.6 cm³/mol. The molecule has 0 bridgehead atoms. The highest BCUT2D eigenvalue weighted by atomic mass is 32.2. The van der Waals surface area contributed by atoms with Crippen LogP contribution in [0.2, 0.25) is 0 Å². The Balaban J connectivity index is 2.10. The zero-order chi connectivity index (χ0) is 9.52. The first-order valence-electron chi connectivity index (χ1n) is 4.51. The summed E-state index contributed by atoms with van der Waals surface area (Å²) >= 11 is 3.75. The summed E-state index contributed by atoms with van der Waals surface area (Å²) in [7, 11) is 0. The fraction of sp³-hybridized carbons (Fsp3) is 0.667. The second kappa shape index (κ2) is 6.40. The van der Waals surface area contributed by atoms with E-state index in [1.807, 2.05) is 17.3 Å². The van der Waals surface area contributed by atoms with Crippen molar-refractivity contribution < 1.29 is 0 Å². The topological polar surface area (TPSA) is 38.9 Å². The quantitative estimate of drug-likeness (QED) is 0.740. The lowest BCUT2D eigenvalue weighted by Gasteiger charge is -1.99. The van der Waals surface area contributed by atoms with Crippen molar-refractivity contribution >= 4 is 23.1 Å².